The van der Waals surface area contributed by atoms with Gasteiger partial charge in [-0.2, -0.15) is 5.10 Å². The Labute approximate surface area is 151 Å². The summed E-state index contributed by atoms with van der Waals surface area (Å²) < 4.78 is 1.68. The second kappa shape index (κ2) is 6.68. The molecule has 4 rings (SSSR count). The van der Waals surface area contributed by atoms with Crippen LogP contribution in [0.2, 0.25) is 0 Å². The summed E-state index contributed by atoms with van der Waals surface area (Å²) in [4.78, 5) is 36.7. The van der Waals surface area contributed by atoms with E-state index in [0.717, 1.165) is 10.7 Å². The van der Waals surface area contributed by atoms with E-state index in [4.69, 9.17) is 0 Å². The summed E-state index contributed by atoms with van der Waals surface area (Å²) in [5, 5.41) is 7.02. The van der Waals surface area contributed by atoms with Crippen LogP contribution in [0.15, 0.2) is 40.8 Å². The van der Waals surface area contributed by atoms with Crippen LogP contribution < -0.4 is 10.9 Å². The number of imidazole rings is 1. The number of nitrogens with one attached hydrogen (secondary N) is 2. The third-order valence-corrected chi connectivity index (χ3v) is 4.77. The van der Waals surface area contributed by atoms with Crippen molar-refractivity contribution in [2.45, 2.75) is 25.8 Å². The van der Waals surface area contributed by atoms with Gasteiger partial charge in [-0.1, -0.05) is 23.5 Å². The second-order valence-corrected chi connectivity index (χ2v) is 6.76. The van der Waals surface area contributed by atoms with Gasteiger partial charge in [-0.05, 0) is 19.1 Å². The van der Waals surface area contributed by atoms with E-state index >= 15 is 0 Å². The van der Waals surface area contributed by atoms with Gasteiger partial charge in [-0.15, -0.1) is 0 Å². The Bertz CT molecular complexity index is 1120. The number of H-pyrrole nitrogens is 1. The van der Waals surface area contributed by atoms with Gasteiger partial charge in [0.2, 0.25) is 10.9 Å². The largest absolute Gasteiger partial charge is 0.348 e. The smallest absolute Gasteiger partial charge is 0.270 e. The van der Waals surface area contributed by atoms with Crippen LogP contribution in [0.1, 0.15) is 30.8 Å². The van der Waals surface area contributed by atoms with Crippen molar-refractivity contribution in [3.8, 4) is 0 Å². The summed E-state index contributed by atoms with van der Waals surface area (Å²) in [6.45, 7) is 1.87. The van der Waals surface area contributed by atoms with Gasteiger partial charge in [0.1, 0.15) is 11.2 Å². The molecular formula is C17H16N6O2S. The standard InChI is InChI=1S/C17H16N6O2S/c1-10(14-8-23-17(22-14)26-9-18-23)19-15(24)7-6-13-16(25)21-12-5-3-2-4-11(12)20-13/h2-5,8-10H,6-7H2,1H3,(H,19,24)(H,21,25)/t10-/m0/s1. The van der Waals surface area contributed by atoms with Crippen molar-refractivity contribution in [3.63, 3.8) is 0 Å². The van der Waals surface area contributed by atoms with Crippen molar-refractivity contribution in [2.24, 2.45) is 0 Å². The Morgan fingerprint density at radius 1 is 1.35 bits per heavy atom. The number of amides is 1. The molecule has 0 aliphatic rings. The van der Waals surface area contributed by atoms with Gasteiger partial charge in [0.25, 0.3) is 5.56 Å². The van der Waals surface area contributed by atoms with Gasteiger partial charge in [0.05, 0.1) is 29.0 Å². The van der Waals surface area contributed by atoms with E-state index in [-0.39, 0.29) is 30.3 Å². The first kappa shape index (κ1) is 16.4. The predicted octanol–water partition coefficient (Wildman–Crippen LogP) is 1.84. The van der Waals surface area contributed by atoms with Crippen LogP contribution in [-0.4, -0.2) is 30.5 Å². The number of para-hydroxylation sites is 2. The normalized spacial score (nSPS) is 12.5. The minimum atomic E-state index is -0.259. The topological polar surface area (TPSA) is 105 Å². The summed E-state index contributed by atoms with van der Waals surface area (Å²) in [5.74, 6) is -0.156. The highest BCUT2D eigenvalue weighted by Crippen LogP contribution is 2.15. The molecule has 0 aliphatic heterocycles. The zero-order chi connectivity index (χ0) is 18.1. The lowest BCUT2D eigenvalue weighted by molar-refractivity contribution is -0.121. The summed E-state index contributed by atoms with van der Waals surface area (Å²) in [6, 6.07) is 7.08. The zero-order valence-electron chi connectivity index (χ0n) is 14.0. The second-order valence-electron chi connectivity index (χ2n) is 5.95. The van der Waals surface area contributed by atoms with E-state index in [2.05, 4.69) is 25.4 Å². The van der Waals surface area contributed by atoms with Crippen molar-refractivity contribution in [2.75, 3.05) is 0 Å². The molecule has 0 bridgehead atoms. The lowest BCUT2D eigenvalue weighted by Gasteiger charge is -2.11. The Kier molecular flexibility index (Phi) is 4.21. The number of aromatic nitrogens is 5. The quantitative estimate of drug-likeness (QED) is 0.559. The average molecular weight is 368 g/mol. The number of aryl methyl sites for hydroxylation is 1. The zero-order valence-corrected chi connectivity index (χ0v) is 14.8. The number of hydrogen-bond acceptors (Lipinski definition) is 6. The third-order valence-electron chi connectivity index (χ3n) is 4.08. The molecule has 8 nitrogen and oxygen atoms in total. The summed E-state index contributed by atoms with van der Waals surface area (Å²) in [5.41, 5.74) is 3.96. The average Bonchev–Trinajstić information content (AvgIpc) is 3.22. The maximum absolute atomic E-state index is 12.2. The monoisotopic (exact) mass is 368 g/mol. The first-order valence-corrected chi connectivity index (χ1v) is 9.04. The molecule has 1 amide bonds. The van der Waals surface area contributed by atoms with Gasteiger partial charge in [0, 0.05) is 12.8 Å². The first-order valence-electron chi connectivity index (χ1n) is 8.16. The van der Waals surface area contributed by atoms with Crippen LogP contribution in [0, 0.1) is 0 Å². The van der Waals surface area contributed by atoms with Crippen LogP contribution in [0.4, 0.5) is 0 Å². The molecule has 0 saturated heterocycles. The molecule has 9 heteroatoms. The summed E-state index contributed by atoms with van der Waals surface area (Å²) in [7, 11) is 0. The van der Waals surface area contributed by atoms with Crippen molar-refractivity contribution < 1.29 is 4.79 Å². The highest BCUT2D eigenvalue weighted by molar-refractivity contribution is 7.14. The molecule has 0 saturated carbocycles. The molecule has 1 aromatic carbocycles. The van der Waals surface area contributed by atoms with Crippen molar-refractivity contribution in [1.82, 2.24) is 29.9 Å². The Morgan fingerprint density at radius 3 is 3.04 bits per heavy atom. The van der Waals surface area contributed by atoms with Crippen molar-refractivity contribution in [3.05, 3.63) is 57.7 Å². The lowest BCUT2D eigenvalue weighted by Crippen LogP contribution is -2.28. The highest BCUT2D eigenvalue weighted by Gasteiger charge is 2.15. The van der Waals surface area contributed by atoms with Crippen LogP contribution in [-0.2, 0) is 11.2 Å². The van der Waals surface area contributed by atoms with Crippen LogP contribution in [0.5, 0.6) is 0 Å². The van der Waals surface area contributed by atoms with Crippen molar-refractivity contribution in [1.29, 1.82) is 0 Å². The van der Waals surface area contributed by atoms with Gasteiger partial charge in [-0.25, -0.2) is 14.5 Å². The van der Waals surface area contributed by atoms with Crippen LogP contribution in [0.25, 0.3) is 16.0 Å². The maximum Gasteiger partial charge on any atom is 0.270 e. The Morgan fingerprint density at radius 2 is 2.19 bits per heavy atom. The number of benzene rings is 1. The van der Waals surface area contributed by atoms with E-state index in [0.29, 0.717) is 16.7 Å². The molecule has 3 aromatic heterocycles. The Hall–Kier alpha value is -3.07. The van der Waals surface area contributed by atoms with E-state index < -0.39 is 0 Å². The minimum absolute atomic E-state index is 0.156. The number of fused-ring (bicyclic) bond motifs is 2. The predicted molar refractivity (Wildman–Crippen MR) is 98.1 cm³/mol. The fourth-order valence-electron chi connectivity index (χ4n) is 2.72. The fourth-order valence-corrected chi connectivity index (χ4v) is 3.33. The molecule has 4 aromatic rings. The van der Waals surface area contributed by atoms with Gasteiger partial charge < -0.3 is 10.3 Å². The van der Waals surface area contributed by atoms with E-state index in [1.54, 1.807) is 22.3 Å². The number of carbonyl (C=O) groups excluding carboxylic acids is 1. The molecule has 1 atom stereocenters. The number of carbonyl (C=O) groups is 1. The molecule has 0 aliphatic carbocycles. The Balaban J connectivity index is 1.41. The minimum Gasteiger partial charge on any atom is -0.348 e. The maximum atomic E-state index is 12.2. The molecule has 0 unspecified atom stereocenters. The third kappa shape index (κ3) is 3.21. The molecule has 3 heterocycles. The molecular weight excluding hydrogens is 352 g/mol. The fraction of sp³-hybridized carbons (Fsp3) is 0.235. The molecule has 0 fully saturated rings. The lowest BCUT2D eigenvalue weighted by atomic mass is 10.2. The van der Waals surface area contributed by atoms with E-state index in [9.17, 15) is 9.59 Å². The molecule has 132 valence electrons. The molecule has 0 radical (unpaired) electrons. The molecule has 0 spiro atoms. The number of rotatable bonds is 5. The van der Waals surface area contributed by atoms with Crippen LogP contribution in [0.3, 0.4) is 0 Å². The van der Waals surface area contributed by atoms with Gasteiger partial charge in [-0.3, -0.25) is 9.59 Å². The number of hydrogen-bond donors (Lipinski definition) is 2. The number of nitrogens with zero attached hydrogens (tertiary/aromatic N) is 4. The summed E-state index contributed by atoms with van der Waals surface area (Å²) in [6.07, 6.45) is 2.25. The van der Waals surface area contributed by atoms with Crippen molar-refractivity contribution >= 4 is 33.2 Å². The molecule has 26 heavy (non-hydrogen) atoms. The first-order chi connectivity index (χ1) is 12.6. The van der Waals surface area contributed by atoms with Gasteiger partial charge >= 0.3 is 0 Å². The highest BCUT2D eigenvalue weighted by atomic mass is 32.1. The van der Waals surface area contributed by atoms with Crippen LogP contribution >= 0.6 is 11.3 Å². The van der Waals surface area contributed by atoms with E-state index in [1.807, 2.05) is 25.1 Å². The molecule has 2 N–H and O–H groups in total. The SMILES string of the molecule is C[C@H](NC(=O)CCc1nc2ccccc2[nH]c1=O)c1cn2ncsc2n1. The van der Waals surface area contributed by atoms with Gasteiger partial charge in [0.15, 0.2) is 0 Å². The summed E-state index contributed by atoms with van der Waals surface area (Å²) >= 11 is 1.44. The number of aromatic amines is 1. The van der Waals surface area contributed by atoms with E-state index in [1.165, 1.54) is 11.3 Å².